The first-order valence-electron chi connectivity index (χ1n) is 9.51. The first kappa shape index (κ1) is 15.4. The summed E-state index contributed by atoms with van der Waals surface area (Å²) in [5.41, 5.74) is 2.98. The number of hydrogen-bond acceptors (Lipinski definition) is 4. The van der Waals surface area contributed by atoms with Crippen molar-refractivity contribution in [3.8, 4) is 0 Å². The lowest BCUT2D eigenvalue weighted by molar-refractivity contribution is 0.425. The topological polar surface area (TPSA) is 66.7 Å². The molecule has 29 heavy (non-hydrogen) atoms. The second-order valence-electron chi connectivity index (χ2n) is 7.53. The van der Waals surface area contributed by atoms with Gasteiger partial charge < -0.3 is 18.9 Å². The van der Waals surface area contributed by atoms with Crippen LogP contribution in [0.5, 0.6) is 0 Å². The normalized spacial score (nSPS) is 12.5. The van der Waals surface area contributed by atoms with Gasteiger partial charge in [0, 0.05) is 27.0 Å². The van der Waals surface area contributed by atoms with Crippen LogP contribution in [0.25, 0.3) is 65.4 Å². The van der Waals surface area contributed by atoms with Crippen LogP contribution in [-0.4, -0.2) is 17.2 Å². The maximum atomic E-state index is 9.79. The van der Waals surface area contributed by atoms with Gasteiger partial charge in [-0.2, -0.15) is 0 Å². The summed E-state index contributed by atoms with van der Waals surface area (Å²) in [5, 5.41) is 28.1. The molecule has 0 unspecified atom stereocenters. The molecule has 0 amide bonds. The lowest BCUT2D eigenvalue weighted by Crippen LogP contribution is -2.29. The highest BCUT2D eigenvalue weighted by atomic mass is 16.4. The first-order valence-corrected chi connectivity index (χ1v) is 9.51. The first-order chi connectivity index (χ1) is 14.2. The van der Waals surface area contributed by atoms with Crippen molar-refractivity contribution in [3.05, 3.63) is 66.7 Å². The summed E-state index contributed by atoms with van der Waals surface area (Å²) in [6.07, 6.45) is 0. The van der Waals surface area contributed by atoms with Gasteiger partial charge in [0.05, 0.1) is 0 Å². The van der Waals surface area contributed by atoms with Crippen LogP contribution in [0.3, 0.4) is 0 Å². The average molecular weight is 376 g/mol. The van der Waals surface area contributed by atoms with Crippen molar-refractivity contribution in [3.63, 3.8) is 0 Å². The van der Waals surface area contributed by atoms with E-state index in [2.05, 4.69) is 30.3 Å². The van der Waals surface area contributed by atoms with E-state index in [9.17, 15) is 10.0 Å². The molecule has 0 bridgehead atoms. The minimum atomic E-state index is -1.60. The summed E-state index contributed by atoms with van der Waals surface area (Å²) >= 11 is 0. The van der Waals surface area contributed by atoms with Gasteiger partial charge in [-0.25, -0.2) is 0 Å². The van der Waals surface area contributed by atoms with Gasteiger partial charge in [0.1, 0.15) is 11.2 Å². The van der Waals surface area contributed by atoms with Gasteiger partial charge >= 0.3 is 7.12 Å². The van der Waals surface area contributed by atoms with Gasteiger partial charge in [0.15, 0.2) is 11.2 Å². The van der Waals surface area contributed by atoms with Crippen LogP contribution in [0.1, 0.15) is 0 Å². The van der Waals surface area contributed by atoms with E-state index < -0.39 is 7.12 Å². The zero-order valence-electron chi connectivity index (χ0n) is 15.1. The van der Waals surface area contributed by atoms with E-state index in [1.165, 1.54) is 5.39 Å². The van der Waals surface area contributed by atoms with E-state index in [-0.39, 0.29) is 0 Å². The minimum absolute atomic E-state index is 0.348. The van der Waals surface area contributed by atoms with Crippen LogP contribution in [-0.2, 0) is 0 Å². The Labute approximate surface area is 164 Å². The summed E-state index contributed by atoms with van der Waals surface area (Å²) in [7, 11) is -1.60. The number of benzene rings is 5. The zero-order chi connectivity index (χ0) is 19.3. The van der Waals surface area contributed by atoms with Gasteiger partial charge in [0.2, 0.25) is 0 Å². The lowest BCUT2D eigenvalue weighted by atomic mass is 9.79. The van der Waals surface area contributed by atoms with Gasteiger partial charge in [-0.1, -0.05) is 54.6 Å². The zero-order valence-corrected chi connectivity index (χ0v) is 15.1. The number of fused-ring (bicyclic) bond motifs is 7. The molecule has 5 aromatic carbocycles. The molecule has 0 atom stereocenters. The van der Waals surface area contributed by atoms with Gasteiger partial charge in [0.25, 0.3) is 0 Å². The third kappa shape index (κ3) is 1.77. The third-order valence-electron chi connectivity index (χ3n) is 6.05. The van der Waals surface area contributed by atoms with E-state index in [4.69, 9.17) is 8.83 Å². The highest BCUT2D eigenvalue weighted by Crippen LogP contribution is 2.46. The molecule has 0 fully saturated rings. The minimum Gasteiger partial charge on any atom is -0.452 e. The largest absolute Gasteiger partial charge is 0.492 e. The van der Waals surface area contributed by atoms with Crippen molar-refractivity contribution in [1.29, 1.82) is 0 Å². The Bertz CT molecular complexity index is 1740. The molecular weight excluding hydrogens is 363 g/mol. The molecule has 0 saturated carbocycles. The van der Waals surface area contributed by atoms with E-state index in [0.717, 1.165) is 43.3 Å². The maximum Gasteiger partial charge on any atom is 0.492 e. The highest BCUT2D eigenvalue weighted by Gasteiger charge is 2.24. The van der Waals surface area contributed by atoms with E-state index in [1.54, 1.807) is 6.07 Å². The summed E-state index contributed by atoms with van der Waals surface area (Å²) in [6.45, 7) is 0. The fraction of sp³-hybridized carbons (Fsp3) is 0. The molecule has 0 aliphatic carbocycles. The van der Waals surface area contributed by atoms with Crippen LogP contribution in [0.15, 0.2) is 75.6 Å². The molecule has 0 saturated heterocycles. The van der Waals surface area contributed by atoms with Crippen molar-refractivity contribution in [2.75, 3.05) is 0 Å². The molecule has 0 aliphatic rings. The Balaban J connectivity index is 1.85. The highest BCUT2D eigenvalue weighted by molar-refractivity contribution is 6.62. The summed E-state index contributed by atoms with van der Waals surface area (Å²) in [5.74, 6) is 0. The number of para-hydroxylation sites is 1. The van der Waals surface area contributed by atoms with Crippen molar-refractivity contribution < 1.29 is 18.9 Å². The second kappa shape index (κ2) is 5.09. The van der Waals surface area contributed by atoms with Gasteiger partial charge in [-0.15, -0.1) is 0 Å². The van der Waals surface area contributed by atoms with Gasteiger partial charge in [-0.3, -0.25) is 0 Å². The SMILES string of the molecule is OB(O)c1cccc2c1oc1c2cc2c3ccccc3c3cccc4oc1c2c43. The van der Waals surface area contributed by atoms with E-state index >= 15 is 0 Å². The number of rotatable bonds is 1. The number of furan rings is 2. The van der Waals surface area contributed by atoms with Crippen LogP contribution in [0.2, 0.25) is 0 Å². The molecule has 2 aromatic heterocycles. The Morgan fingerprint density at radius 2 is 1.28 bits per heavy atom. The molecule has 0 radical (unpaired) electrons. The summed E-state index contributed by atoms with van der Waals surface area (Å²) < 4.78 is 12.5. The monoisotopic (exact) mass is 376 g/mol. The molecular formula is C24H13BO4. The number of hydrogen-bond donors (Lipinski definition) is 2. The molecule has 7 rings (SSSR count). The van der Waals surface area contributed by atoms with Crippen LogP contribution >= 0.6 is 0 Å². The molecule has 0 spiro atoms. The smallest absolute Gasteiger partial charge is 0.452 e. The van der Waals surface area contributed by atoms with Crippen molar-refractivity contribution >= 4 is 78.0 Å². The Hall–Kier alpha value is -3.54. The molecule has 2 N–H and O–H groups in total. The maximum absolute atomic E-state index is 9.79. The molecule has 4 nitrogen and oxygen atoms in total. The third-order valence-corrected chi connectivity index (χ3v) is 6.05. The van der Waals surface area contributed by atoms with Crippen molar-refractivity contribution in [1.82, 2.24) is 0 Å². The molecule has 136 valence electrons. The van der Waals surface area contributed by atoms with Crippen LogP contribution in [0, 0.1) is 0 Å². The predicted molar refractivity (Wildman–Crippen MR) is 117 cm³/mol. The average Bonchev–Trinajstić information content (AvgIpc) is 3.31. The summed E-state index contributed by atoms with van der Waals surface area (Å²) in [6, 6.07) is 22.1. The Morgan fingerprint density at radius 1 is 0.552 bits per heavy atom. The lowest BCUT2D eigenvalue weighted by Gasteiger charge is -2.07. The van der Waals surface area contributed by atoms with E-state index in [1.807, 2.05) is 30.3 Å². The van der Waals surface area contributed by atoms with Crippen LogP contribution < -0.4 is 5.46 Å². The standard InChI is InChI=1S/C24H13BO4/c26-25(27)18-9-3-8-15-17-11-16-13-6-2-1-5-12(13)14-7-4-10-19-20(14)21(16)24(28-19)23(17)29-22(15)18/h1-11,26-27H. The Kier molecular flexibility index (Phi) is 2.70. The fourth-order valence-corrected chi connectivity index (χ4v) is 4.85. The second-order valence-corrected chi connectivity index (χ2v) is 7.53. The van der Waals surface area contributed by atoms with E-state index in [0.29, 0.717) is 22.2 Å². The van der Waals surface area contributed by atoms with Crippen LogP contribution in [0.4, 0.5) is 0 Å². The quantitative estimate of drug-likeness (QED) is 0.316. The van der Waals surface area contributed by atoms with Crippen molar-refractivity contribution in [2.45, 2.75) is 0 Å². The summed E-state index contributed by atoms with van der Waals surface area (Å²) in [4.78, 5) is 0. The fourth-order valence-electron chi connectivity index (χ4n) is 4.85. The Morgan fingerprint density at radius 3 is 2.10 bits per heavy atom. The molecule has 2 heterocycles. The van der Waals surface area contributed by atoms with Gasteiger partial charge in [-0.05, 0) is 33.7 Å². The predicted octanol–water partition coefficient (Wildman–Crippen LogP) is 4.91. The molecule has 0 aliphatic heterocycles. The van der Waals surface area contributed by atoms with Crippen molar-refractivity contribution in [2.24, 2.45) is 0 Å². The molecule has 7 aromatic rings. The molecule has 5 heteroatoms.